The van der Waals surface area contributed by atoms with Gasteiger partial charge in [0, 0.05) is 13.1 Å². The fourth-order valence-corrected chi connectivity index (χ4v) is 3.89. The number of nitrogens with two attached hydrogens (primary N) is 1. The fraction of sp³-hybridized carbons (Fsp3) is 0.789. The maximum absolute atomic E-state index is 6.10. The highest BCUT2D eigenvalue weighted by atomic mass is 16.5. The number of hydrogen-bond acceptors (Lipinski definition) is 7. The van der Waals surface area contributed by atoms with E-state index in [-0.39, 0.29) is 0 Å². The number of hydrogen-bond donors (Lipinski definition) is 2. The average Bonchev–Trinajstić information content (AvgIpc) is 3.04. The number of nitrogens with one attached hydrogen (secondary N) is 1. The molecule has 3 N–H and O–H groups in total. The van der Waals surface area contributed by atoms with Gasteiger partial charge in [0.2, 0.25) is 0 Å². The van der Waals surface area contributed by atoms with Crippen LogP contribution in [0.25, 0.3) is 0 Å². The Morgan fingerprint density at radius 2 is 2.12 bits per heavy atom. The molecule has 0 saturated carbocycles. The summed E-state index contributed by atoms with van der Waals surface area (Å²) < 4.78 is 5.67. The van der Waals surface area contributed by atoms with Crippen molar-refractivity contribution in [1.82, 2.24) is 14.9 Å². The molecule has 2 aliphatic heterocycles. The quantitative estimate of drug-likeness (QED) is 0.654. The molecule has 1 aromatic heterocycles. The Labute approximate surface area is 157 Å². The van der Waals surface area contributed by atoms with E-state index < -0.39 is 0 Å². The first kappa shape index (κ1) is 19.0. The van der Waals surface area contributed by atoms with Gasteiger partial charge in [-0.05, 0) is 51.1 Å². The SMILES string of the molecule is CCCCOc1nc(N)c2c(n1)N(CCC1CCCN(CCC)C1)CN2. The van der Waals surface area contributed by atoms with Crippen LogP contribution in [0.3, 0.4) is 0 Å². The van der Waals surface area contributed by atoms with Crippen LogP contribution < -0.4 is 20.7 Å². The number of ether oxygens (including phenoxy) is 1. The second kappa shape index (κ2) is 9.26. The molecule has 7 heteroatoms. The van der Waals surface area contributed by atoms with E-state index in [0.29, 0.717) is 18.4 Å². The summed E-state index contributed by atoms with van der Waals surface area (Å²) in [5.41, 5.74) is 6.95. The smallest absolute Gasteiger partial charge is 0.320 e. The van der Waals surface area contributed by atoms with Gasteiger partial charge in [-0.15, -0.1) is 0 Å². The van der Waals surface area contributed by atoms with Gasteiger partial charge in [-0.2, -0.15) is 9.97 Å². The third-order valence-electron chi connectivity index (χ3n) is 5.32. The molecule has 3 heterocycles. The van der Waals surface area contributed by atoms with Crippen LogP contribution in [-0.2, 0) is 0 Å². The third kappa shape index (κ3) is 4.69. The maximum atomic E-state index is 6.10. The van der Waals surface area contributed by atoms with Gasteiger partial charge < -0.3 is 25.6 Å². The minimum atomic E-state index is 0.398. The van der Waals surface area contributed by atoms with E-state index in [1.807, 2.05) is 0 Å². The molecular formula is C19H34N6O. The number of likely N-dealkylation sites (tertiary alicyclic amines) is 1. The van der Waals surface area contributed by atoms with Crippen LogP contribution in [0, 0.1) is 5.92 Å². The highest BCUT2D eigenvalue weighted by molar-refractivity contribution is 5.80. The summed E-state index contributed by atoms with van der Waals surface area (Å²) in [4.78, 5) is 13.8. The zero-order valence-electron chi connectivity index (χ0n) is 16.3. The minimum Gasteiger partial charge on any atom is -0.463 e. The minimum absolute atomic E-state index is 0.398. The van der Waals surface area contributed by atoms with Crippen molar-refractivity contribution < 1.29 is 4.74 Å². The van der Waals surface area contributed by atoms with E-state index in [4.69, 9.17) is 10.5 Å². The molecule has 3 rings (SSSR count). The Morgan fingerprint density at radius 1 is 1.23 bits per heavy atom. The van der Waals surface area contributed by atoms with E-state index in [9.17, 15) is 0 Å². The van der Waals surface area contributed by atoms with E-state index in [1.165, 1.54) is 45.3 Å². The Morgan fingerprint density at radius 3 is 2.92 bits per heavy atom. The lowest BCUT2D eigenvalue weighted by atomic mass is 9.94. The largest absolute Gasteiger partial charge is 0.463 e. The molecule has 0 spiro atoms. The number of unbranched alkanes of at least 4 members (excludes halogenated alkanes) is 1. The molecule has 146 valence electrons. The number of anilines is 3. The van der Waals surface area contributed by atoms with Crippen molar-refractivity contribution in [1.29, 1.82) is 0 Å². The summed E-state index contributed by atoms with van der Waals surface area (Å²) in [6.07, 6.45) is 7.18. The number of aromatic nitrogens is 2. The molecule has 1 aromatic rings. The first-order valence-corrected chi connectivity index (χ1v) is 10.2. The monoisotopic (exact) mass is 362 g/mol. The van der Waals surface area contributed by atoms with Crippen molar-refractivity contribution in [3.05, 3.63) is 0 Å². The van der Waals surface area contributed by atoms with Crippen molar-refractivity contribution in [2.24, 2.45) is 5.92 Å². The predicted molar refractivity (Wildman–Crippen MR) is 107 cm³/mol. The van der Waals surface area contributed by atoms with Crippen molar-refractivity contribution >= 4 is 17.3 Å². The highest BCUT2D eigenvalue weighted by Crippen LogP contribution is 2.35. The standard InChI is InChI=1S/C19H34N6O/c1-3-5-12-26-19-22-17(20)16-18(23-19)25(14-21-16)11-8-15-7-6-10-24(13-15)9-4-2/h15,21H,3-14H2,1-2H3,(H2,20,22,23). The molecular weight excluding hydrogens is 328 g/mol. The Balaban J connectivity index is 1.58. The zero-order chi connectivity index (χ0) is 18.4. The second-order valence-electron chi connectivity index (χ2n) is 7.49. The van der Waals surface area contributed by atoms with E-state index in [0.717, 1.165) is 43.5 Å². The van der Waals surface area contributed by atoms with Gasteiger partial charge in [-0.1, -0.05) is 20.3 Å². The van der Waals surface area contributed by atoms with Crippen molar-refractivity contribution in [3.8, 4) is 6.01 Å². The summed E-state index contributed by atoms with van der Waals surface area (Å²) in [5.74, 6) is 2.15. The lowest BCUT2D eigenvalue weighted by molar-refractivity contribution is 0.170. The summed E-state index contributed by atoms with van der Waals surface area (Å²) in [5, 5.41) is 3.34. The first-order chi connectivity index (χ1) is 12.7. The van der Waals surface area contributed by atoms with Crippen LogP contribution in [0.15, 0.2) is 0 Å². The van der Waals surface area contributed by atoms with Crippen LogP contribution in [-0.4, -0.2) is 54.3 Å². The number of piperidine rings is 1. The molecule has 0 radical (unpaired) electrons. The van der Waals surface area contributed by atoms with E-state index in [2.05, 4.69) is 38.9 Å². The van der Waals surface area contributed by atoms with Crippen molar-refractivity contribution in [3.63, 3.8) is 0 Å². The molecule has 0 bridgehead atoms. The Hall–Kier alpha value is -1.76. The van der Waals surface area contributed by atoms with Gasteiger partial charge in [0.05, 0.1) is 13.3 Å². The van der Waals surface area contributed by atoms with Crippen molar-refractivity contribution in [2.45, 2.75) is 52.4 Å². The molecule has 1 fully saturated rings. The summed E-state index contributed by atoms with van der Waals surface area (Å²) in [7, 11) is 0. The van der Waals surface area contributed by atoms with Crippen LogP contribution in [0.5, 0.6) is 6.01 Å². The van der Waals surface area contributed by atoms with Crippen LogP contribution in [0.4, 0.5) is 17.3 Å². The predicted octanol–water partition coefficient (Wildman–Crippen LogP) is 2.94. The average molecular weight is 363 g/mol. The number of rotatable bonds is 9. The lowest BCUT2D eigenvalue weighted by Gasteiger charge is -2.33. The number of fused-ring (bicyclic) bond motifs is 1. The molecule has 1 unspecified atom stereocenters. The van der Waals surface area contributed by atoms with Gasteiger partial charge in [-0.25, -0.2) is 0 Å². The van der Waals surface area contributed by atoms with Crippen LogP contribution >= 0.6 is 0 Å². The first-order valence-electron chi connectivity index (χ1n) is 10.2. The molecule has 0 amide bonds. The van der Waals surface area contributed by atoms with Gasteiger partial charge >= 0.3 is 6.01 Å². The van der Waals surface area contributed by atoms with E-state index >= 15 is 0 Å². The topological polar surface area (TPSA) is 79.5 Å². The normalized spacial score (nSPS) is 20.1. The third-order valence-corrected chi connectivity index (χ3v) is 5.32. The lowest BCUT2D eigenvalue weighted by Crippen LogP contribution is -2.37. The molecule has 26 heavy (non-hydrogen) atoms. The molecule has 2 aliphatic rings. The molecule has 1 saturated heterocycles. The summed E-state index contributed by atoms with van der Waals surface area (Å²) in [6, 6.07) is 0.398. The van der Waals surface area contributed by atoms with Gasteiger partial charge in [-0.3, -0.25) is 0 Å². The number of nitrogens with zero attached hydrogens (tertiary/aromatic N) is 4. The molecule has 0 aromatic carbocycles. The van der Waals surface area contributed by atoms with Crippen molar-refractivity contribution in [2.75, 3.05) is 55.4 Å². The van der Waals surface area contributed by atoms with Gasteiger partial charge in [0.1, 0.15) is 5.69 Å². The molecule has 0 aliphatic carbocycles. The van der Waals surface area contributed by atoms with Crippen LogP contribution in [0.1, 0.15) is 52.4 Å². The zero-order valence-corrected chi connectivity index (χ0v) is 16.3. The number of nitrogen functional groups attached to an aromatic ring is 1. The Bertz CT molecular complexity index is 579. The molecule has 1 atom stereocenters. The second-order valence-corrected chi connectivity index (χ2v) is 7.49. The van der Waals surface area contributed by atoms with Crippen LogP contribution in [0.2, 0.25) is 0 Å². The summed E-state index contributed by atoms with van der Waals surface area (Å²) >= 11 is 0. The van der Waals surface area contributed by atoms with Gasteiger partial charge in [0.15, 0.2) is 11.6 Å². The maximum Gasteiger partial charge on any atom is 0.320 e. The Kier molecular flexibility index (Phi) is 6.77. The summed E-state index contributed by atoms with van der Waals surface area (Å²) in [6.45, 7) is 10.5. The highest BCUT2D eigenvalue weighted by Gasteiger charge is 2.26. The molecule has 7 nitrogen and oxygen atoms in total. The fourth-order valence-electron chi connectivity index (χ4n) is 3.89. The van der Waals surface area contributed by atoms with E-state index in [1.54, 1.807) is 0 Å². The van der Waals surface area contributed by atoms with Gasteiger partial charge in [0.25, 0.3) is 0 Å².